The molecule has 6 amide bonds. The number of aromatic nitrogens is 5. The molecule has 1 aliphatic carbocycles. The van der Waals surface area contributed by atoms with Gasteiger partial charge in [-0.05, 0) is 127 Å². The van der Waals surface area contributed by atoms with Gasteiger partial charge in [0.15, 0.2) is 29.1 Å². The molecule has 113 heavy (non-hydrogen) atoms. The molecule has 0 aliphatic heterocycles. The first-order valence-electron chi connectivity index (χ1n) is 37.1. The lowest BCUT2D eigenvalue weighted by Crippen LogP contribution is -2.51. The Morgan fingerprint density at radius 3 is 1.97 bits per heavy atom. The van der Waals surface area contributed by atoms with Crippen molar-refractivity contribution in [2.75, 3.05) is 32.8 Å². The van der Waals surface area contributed by atoms with Gasteiger partial charge < -0.3 is 79.9 Å². The minimum atomic E-state index is -1.65. The molecular weight excluding hydrogens is 1460 g/mol. The quantitative estimate of drug-likeness (QED) is 0.00645. The summed E-state index contributed by atoms with van der Waals surface area (Å²) in [5.41, 5.74) is 33.4. The fourth-order valence-electron chi connectivity index (χ4n) is 12.9. The number of unbranched alkanes of at least 4 members (excludes halogenated alkanes) is 1. The molecule has 7 rings (SSSR count). The molecule has 6 aromatic rings. The number of nitrogens with two attached hydrogens (primary N) is 4. The molecule has 604 valence electrons. The summed E-state index contributed by atoms with van der Waals surface area (Å²) >= 11 is 0. The number of fused-ring (bicyclic) bond motifs is 1. The molecule has 9 atom stereocenters. The zero-order chi connectivity index (χ0) is 82.3. The maximum atomic E-state index is 15.0. The molecule has 0 saturated heterocycles. The van der Waals surface area contributed by atoms with Gasteiger partial charge >= 0.3 is 17.3 Å². The van der Waals surface area contributed by atoms with E-state index in [1.54, 1.807) is 44.2 Å². The minimum absolute atomic E-state index is 0.0102. The summed E-state index contributed by atoms with van der Waals surface area (Å²) in [4.78, 5) is 191. The van der Waals surface area contributed by atoms with E-state index in [4.69, 9.17) is 38.6 Å². The predicted octanol–water partition coefficient (Wildman–Crippen LogP) is 1.71. The molecule has 0 radical (unpaired) electrons. The molecule has 0 saturated carbocycles. The molecule has 20 N–H and O–H groups in total. The number of imidazole rings is 1. The fourth-order valence-corrected chi connectivity index (χ4v) is 12.9. The van der Waals surface area contributed by atoms with Crippen LogP contribution < -0.4 is 71.0 Å². The van der Waals surface area contributed by atoms with Crippen molar-refractivity contribution >= 4 is 76.1 Å². The van der Waals surface area contributed by atoms with E-state index >= 15 is 0 Å². The normalized spacial score (nSPS) is 14.0. The van der Waals surface area contributed by atoms with E-state index in [-0.39, 0.29) is 100 Å². The van der Waals surface area contributed by atoms with Gasteiger partial charge in [-0.1, -0.05) is 92.1 Å². The van der Waals surface area contributed by atoms with Crippen LogP contribution in [-0.4, -0.2) is 179 Å². The topological polar surface area (TPSA) is 595 Å². The average molecular weight is 1560 g/mol. The largest absolute Gasteiger partial charge is 0.506 e. The highest BCUT2D eigenvalue weighted by molar-refractivity contribution is 5.99. The summed E-state index contributed by atoms with van der Waals surface area (Å²) in [6.07, 6.45) is 1.57. The number of rotatable bonds is 50. The number of aliphatic hydroxyl groups excluding tert-OH is 1. The van der Waals surface area contributed by atoms with Gasteiger partial charge in [0.1, 0.15) is 23.2 Å². The third kappa shape index (κ3) is 27.0. The Bertz CT molecular complexity index is 4530. The number of phenols is 1. The Morgan fingerprint density at radius 2 is 1.32 bits per heavy atom. The van der Waals surface area contributed by atoms with Gasteiger partial charge in [0.05, 0.1) is 79.5 Å². The lowest BCUT2D eigenvalue weighted by molar-refractivity contribution is -0.142. The highest BCUT2D eigenvalue weighted by Gasteiger charge is 2.37. The number of ketones is 4. The number of carboxylic acids is 1. The Morgan fingerprint density at radius 1 is 0.690 bits per heavy atom. The zero-order valence-corrected chi connectivity index (χ0v) is 62.8. The van der Waals surface area contributed by atoms with E-state index in [2.05, 4.69) is 57.0 Å². The van der Waals surface area contributed by atoms with Gasteiger partial charge in [-0.3, -0.25) is 53.4 Å². The maximum Gasteiger partial charge on any atom is 0.356 e. The zero-order valence-electron chi connectivity index (χ0n) is 62.8. The smallest absolute Gasteiger partial charge is 0.356 e. The molecular formula is C77H99N19O17. The first kappa shape index (κ1) is 87.8. The van der Waals surface area contributed by atoms with Crippen LogP contribution in [0.4, 0.5) is 0 Å². The number of allylic oxidation sites excluding steroid dienone is 1. The van der Waals surface area contributed by atoms with Crippen molar-refractivity contribution < 1.29 is 72.8 Å². The highest BCUT2D eigenvalue weighted by atomic mass is 16.5. The van der Waals surface area contributed by atoms with E-state index < -0.39 is 193 Å². The number of carbonyl (C=O) groups is 11. The van der Waals surface area contributed by atoms with Gasteiger partial charge in [-0.25, -0.2) is 29.0 Å². The number of primary amides is 1. The number of hydrogen-bond acceptors (Lipinski definition) is 21. The molecule has 0 fully saturated rings. The monoisotopic (exact) mass is 1560 g/mol. The van der Waals surface area contributed by atoms with E-state index in [0.29, 0.717) is 29.8 Å². The van der Waals surface area contributed by atoms with Crippen molar-refractivity contribution in [3.05, 3.63) is 175 Å². The SMILES string of the molecule is CC(C)C(N)C(=O)NC(CC1=CCc2ccccc21)C(=O)CC(CO)C(=O)NC(CCC(N)=O)C(=O)CC(CCCCN)C(=O)NC(CCCNC(=N)N)C(=O)CC(Cc1c[nH]cn1)C(=O)NC(Cc1ccccc1)C(=O)CCC(=O)NC(Cc1ccc(O)c(-n2[nH]c(=O)n(-c3ccc(OCCN=[N+]=[N-])cc3)c2=O)c1)C(=O)O. The Labute approximate surface area is 649 Å². The number of nitrogens with zero attached hydrogens (tertiary/aromatic N) is 6. The van der Waals surface area contributed by atoms with Crippen molar-refractivity contribution in [3.8, 4) is 22.9 Å². The first-order valence-corrected chi connectivity index (χ1v) is 37.1. The van der Waals surface area contributed by atoms with E-state index in [9.17, 15) is 77.6 Å². The molecule has 2 heterocycles. The number of phenolic OH excluding ortho intramolecular Hbond substituents is 1. The number of amides is 6. The van der Waals surface area contributed by atoms with Crippen molar-refractivity contribution in [1.82, 2.24) is 56.2 Å². The molecule has 1 aliphatic rings. The van der Waals surface area contributed by atoms with Crippen LogP contribution in [-0.2, 0) is 78.4 Å². The molecule has 0 spiro atoms. The number of nitrogens with one attached hydrogen (secondary N) is 9. The van der Waals surface area contributed by atoms with E-state index in [1.165, 1.54) is 48.9 Å². The van der Waals surface area contributed by atoms with Crippen molar-refractivity contribution in [2.45, 2.75) is 159 Å². The number of aromatic amines is 2. The van der Waals surface area contributed by atoms with Crippen molar-refractivity contribution in [3.63, 3.8) is 0 Å². The number of carboxylic acid groups (broad SMARTS) is 1. The summed E-state index contributed by atoms with van der Waals surface area (Å²) in [6, 6.07) is 17.4. The Balaban J connectivity index is 1.06. The lowest BCUT2D eigenvalue weighted by Gasteiger charge is -2.26. The highest BCUT2D eigenvalue weighted by Crippen LogP contribution is 2.32. The van der Waals surface area contributed by atoms with Crippen LogP contribution in [0.5, 0.6) is 11.5 Å². The lowest BCUT2D eigenvalue weighted by atomic mass is 9.88. The number of hydrogen-bond donors (Lipinski definition) is 16. The van der Waals surface area contributed by atoms with Crippen LogP contribution >= 0.6 is 0 Å². The summed E-state index contributed by atoms with van der Waals surface area (Å²) < 4.78 is 7.00. The van der Waals surface area contributed by atoms with Gasteiger partial charge in [0, 0.05) is 81.4 Å². The average Bonchev–Trinajstić information content (AvgIpc) is 1.63. The summed E-state index contributed by atoms with van der Waals surface area (Å²) in [7, 11) is 0. The number of aliphatic carboxylic acids is 1. The standard InChI is InChI=1S/C77H99N19O17/c1-44(2)69(80)73(108)92-59(37-48-19-18-47-13-6-7-15-55(47)48)66(102)40-51(42-97)72(107)90-57(24-27-67(79)103)64(100)38-49(14-8-9-29-78)70(105)89-56(16-10-30-85-75(81)82)65(101)39-50(36-52-41-84-43-86-52)71(106)91-58(33-45-11-4-3-5-12-45)62(98)26-28-68(104)88-60(74(109)110)34-46-17-25-63(99)61(35-46)96-77(112)95(76(111)93-96)53-20-22-54(23-21-53)113-32-31-87-94-83/h3-7,11-13,15,17,19-23,25,35,41,43-44,49-51,56-60,69,97,99H,8-10,14,16,18,24,26-34,36-40,42,78,80H2,1-2H3,(H2,79,103)(H,84,86)(H,88,104)(H,89,105)(H,90,107)(H,91,106)(H,92,108)(H,93,111)(H,109,110)(H4,81,82,85). The molecule has 9 unspecified atom stereocenters. The molecule has 36 nitrogen and oxygen atoms in total. The van der Waals surface area contributed by atoms with Gasteiger partial charge in [-0.15, -0.1) is 0 Å². The molecule has 4 aromatic carbocycles. The second-order valence-corrected chi connectivity index (χ2v) is 27.9. The van der Waals surface area contributed by atoms with E-state index in [1.807, 2.05) is 30.3 Å². The first-order chi connectivity index (χ1) is 54.1. The fraction of sp³-hybridized carbons (Fsp3) is 0.442. The van der Waals surface area contributed by atoms with Crippen LogP contribution in [0, 0.1) is 29.1 Å². The number of guanidine groups is 1. The Kier molecular flexibility index (Phi) is 34.1. The molecule has 36 heteroatoms. The Hall–Kier alpha value is -12.4. The van der Waals surface area contributed by atoms with Crippen LogP contribution in [0.2, 0.25) is 0 Å². The van der Waals surface area contributed by atoms with Crippen LogP contribution in [0.3, 0.4) is 0 Å². The number of ether oxygens (including phenoxy) is 1. The van der Waals surface area contributed by atoms with Crippen LogP contribution in [0.1, 0.15) is 125 Å². The summed E-state index contributed by atoms with van der Waals surface area (Å²) in [5, 5.41) is 61.4. The number of aliphatic hydroxyl groups is 1. The van der Waals surface area contributed by atoms with Gasteiger partial charge in [0.25, 0.3) is 0 Å². The number of carbonyl (C=O) groups excluding carboxylic acids is 10. The van der Waals surface area contributed by atoms with Gasteiger partial charge in [-0.2, -0.15) is 4.68 Å². The van der Waals surface area contributed by atoms with Crippen LogP contribution in [0.15, 0.2) is 130 Å². The summed E-state index contributed by atoms with van der Waals surface area (Å²) in [5.74, 6) is -14.1. The third-order valence-corrected chi connectivity index (χ3v) is 19.2. The summed E-state index contributed by atoms with van der Waals surface area (Å²) in [6.45, 7) is 2.93. The number of benzene rings is 4. The van der Waals surface area contributed by atoms with Crippen molar-refractivity contribution in [1.29, 1.82) is 5.41 Å². The second kappa shape index (κ2) is 43.9. The maximum absolute atomic E-state index is 15.0. The number of azide groups is 1. The number of H-pyrrole nitrogens is 2. The number of aromatic hydroxyl groups is 1. The molecule has 0 bridgehead atoms. The molecule has 2 aromatic heterocycles. The third-order valence-electron chi connectivity index (χ3n) is 19.2. The second-order valence-electron chi connectivity index (χ2n) is 27.9. The van der Waals surface area contributed by atoms with Crippen molar-refractivity contribution in [2.24, 2.45) is 51.7 Å². The number of Topliss-reactive ketones (excluding diaryl/α,β-unsaturated/α-hetero) is 4. The minimum Gasteiger partial charge on any atom is -0.506 e. The predicted molar refractivity (Wildman–Crippen MR) is 413 cm³/mol. The van der Waals surface area contributed by atoms with Gasteiger partial charge in [0.2, 0.25) is 35.4 Å². The van der Waals surface area contributed by atoms with E-state index in [0.717, 1.165) is 32.0 Å². The van der Waals surface area contributed by atoms with Crippen LogP contribution in [0.25, 0.3) is 27.4 Å².